The maximum atomic E-state index is 10.9. The number of halogens is 1. The van der Waals surface area contributed by atoms with E-state index in [2.05, 4.69) is 56.8 Å². The molecule has 0 aliphatic carbocycles. The number of benzene rings is 3. The Balaban J connectivity index is 1.80. The van der Waals surface area contributed by atoms with E-state index < -0.39 is 0 Å². The number of rotatable bonds is 6. The number of aryl methyl sites for hydroxylation is 2. The molecule has 0 bridgehead atoms. The Kier molecular flexibility index (Phi) is 5.97. The van der Waals surface area contributed by atoms with Crippen LogP contribution in [-0.4, -0.2) is 16.1 Å². The van der Waals surface area contributed by atoms with Crippen LogP contribution in [0.25, 0.3) is 22.0 Å². The van der Waals surface area contributed by atoms with E-state index >= 15 is 0 Å². The Bertz CT molecular complexity index is 1240. The molecule has 157 valence electrons. The van der Waals surface area contributed by atoms with Gasteiger partial charge < -0.3 is 0 Å². The van der Waals surface area contributed by atoms with Crippen molar-refractivity contribution in [2.75, 3.05) is 0 Å². The molecule has 0 fully saturated rings. The van der Waals surface area contributed by atoms with Gasteiger partial charge in [-0.3, -0.25) is 9.48 Å². The van der Waals surface area contributed by atoms with E-state index in [4.69, 9.17) is 16.7 Å². The smallest absolute Gasteiger partial charge is 0.233 e. The van der Waals surface area contributed by atoms with Gasteiger partial charge in [0.1, 0.15) is 0 Å². The lowest BCUT2D eigenvalue weighted by atomic mass is 9.94. The second-order valence-corrected chi connectivity index (χ2v) is 9.05. The van der Waals surface area contributed by atoms with Gasteiger partial charge >= 0.3 is 0 Å². The van der Waals surface area contributed by atoms with Crippen LogP contribution in [0.5, 0.6) is 0 Å². The van der Waals surface area contributed by atoms with Crippen molar-refractivity contribution >= 4 is 28.8 Å². The number of hydrogen-bond donors (Lipinski definition) is 0. The van der Waals surface area contributed by atoms with Crippen molar-refractivity contribution in [2.45, 2.75) is 40.2 Å². The minimum atomic E-state index is 0.105. The summed E-state index contributed by atoms with van der Waals surface area (Å²) in [6.45, 7) is 8.68. The van der Waals surface area contributed by atoms with E-state index in [1.807, 2.05) is 42.7 Å². The minimum absolute atomic E-state index is 0.105. The van der Waals surface area contributed by atoms with Gasteiger partial charge in [0.25, 0.3) is 0 Å². The number of nitrogens with zero attached hydrogens (tertiary/aromatic N) is 2. The monoisotopic (exact) mass is 429 g/mol. The Morgan fingerprint density at radius 2 is 1.71 bits per heavy atom. The standard InChI is InChI=1S/C27H26ClN2O/c1-17(2)13-27(21-7-5-20(16-31)6-8-21)30-15-25-19(4)24(11-12-26(25)29-30)23-10-9-22(28)14-18(23)3/h5-12,14-15,17,27H,13H2,1-4H3. The molecule has 3 aromatic carbocycles. The van der Waals surface area contributed by atoms with Crippen molar-refractivity contribution < 1.29 is 4.79 Å². The van der Waals surface area contributed by atoms with Crippen LogP contribution in [0.2, 0.25) is 5.02 Å². The van der Waals surface area contributed by atoms with Gasteiger partial charge in [0.15, 0.2) is 0 Å². The van der Waals surface area contributed by atoms with Crippen LogP contribution in [0.3, 0.4) is 0 Å². The van der Waals surface area contributed by atoms with E-state index in [1.165, 1.54) is 16.7 Å². The first-order valence-corrected chi connectivity index (χ1v) is 11.0. The quantitative estimate of drug-likeness (QED) is 0.328. The van der Waals surface area contributed by atoms with E-state index in [9.17, 15) is 4.79 Å². The molecule has 4 heteroatoms. The molecule has 0 aliphatic heterocycles. The van der Waals surface area contributed by atoms with Crippen LogP contribution < -0.4 is 0 Å². The molecule has 1 atom stereocenters. The Hall–Kier alpha value is -2.91. The maximum absolute atomic E-state index is 10.9. The van der Waals surface area contributed by atoms with Crippen LogP contribution >= 0.6 is 11.6 Å². The van der Waals surface area contributed by atoms with Gasteiger partial charge in [0.05, 0.1) is 11.6 Å². The molecular formula is C27H26ClN2O. The second-order valence-electron chi connectivity index (χ2n) is 8.61. The first-order valence-electron chi connectivity index (χ1n) is 10.6. The summed E-state index contributed by atoms with van der Waals surface area (Å²) in [5.74, 6) is 0.503. The molecule has 31 heavy (non-hydrogen) atoms. The summed E-state index contributed by atoms with van der Waals surface area (Å²) in [6.07, 6.45) is 5.07. The summed E-state index contributed by atoms with van der Waals surface area (Å²) < 4.78 is 2.08. The second kappa shape index (κ2) is 8.68. The van der Waals surface area contributed by atoms with Gasteiger partial charge in [-0.2, -0.15) is 5.10 Å². The molecular weight excluding hydrogens is 404 g/mol. The molecule has 4 aromatic rings. The zero-order valence-corrected chi connectivity index (χ0v) is 19.1. The van der Waals surface area contributed by atoms with Gasteiger partial charge in [-0.15, -0.1) is 0 Å². The van der Waals surface area contributed by atoms with Crippen molar-refractivity contribution in [3.63, 3.8) is 0 Å². The van der Waals surface area contributed by atoms with Gasteiger partial charge in [0, 0.05) is 22.2 Å². The van der Waals surface area contributed by atoms with Crippen molar-refractivity contribution in [2.24, 2.45) is 5.92 Å². The first kappa shape index (κ1) is 21.3. The van der Waals surface area contributed by atoms with Crippen molar-refractivity contribution in [3.05, 3.63) is 88.1 Å². The van der Waals surface area contributed by atoms with Crippen LogP contribution in [0.1, 0.15) is 48.6 Å². The summed E-state index contributed by atoms with van der Waals surface area (Å²) in [6, 6.07) is 18.0. The molecule has 3 nitrogen and oxygen atoms in total. The predicted molar refractivity (Wildman–Crippen MR) is 128 cm³/mol. The molecule has 0 saturated carbocycles. The van der Waals surface area contributed by atoms with Crippen LogP contribution in [0, 0.1) is 19.8 Å². The van der Waals surface area contributed by atoms with E-state index in [1.54, 1.807) is 0 Å². The lowest BCUT2D eigenvalue weighted by Crippen LogP contribution is -2.14. The highest BCUT2D eigenvalue weighted by atomic mass is 35.5. The first-order chi connectivity index (χ1) is 14.9. The summed E-state index contributed by atoms with van der Waals surface area (Å²) >= 11 is 6.16. The highest BCUT2D eigenvalue weighted by Gasteiger charge is 2.19. The number of aromatic nitrogens is 2. The van der Waals surface area contributed by atoms with Gasteiger partial charge in [-0.05, 0) is 72.2 Å². The number of hydrogen-bond acceptors (Lipinski definition) is 2. The van der Waals surface area contributed by atoms with Gasteiger partial charge in [-0.25, -0.2) is 0 Å². The highest BCUT2D eigenvalue weighted by molar-refractivity contribution is 6.30. The van der Waals surface area contributed by atoms with Crippen LogP contribution in [0.15, 0.2) is 60.8 Å². The lowest BCUT2D eigenvalue weighted by molar-refractivity contribution is 0.424. The van der Waals surface area contributed by atoms with Crippen molar-refractivity contribution in [1.29, 1.82) is 0 Å². The third-order valence-corrected chi connectivity index (χ3v) is 6.12. The Morgan fingerprint density at radius 3 is 2.35 bits per heavy atom. The molecule has 0 amide bonds. The number of fused-ring (bicyclic) bond motifs is 1. The fraction of sp³-hybridized carbons (Fsp3) is 0.259. The van der Waals surface area contributed by atoms with Crippen LogP contribution in [-0.2, 0) is 4.79 Å². The molecule has 0 N–H and O–H groups in total. The van der Waals surface area contributed by atoms with Gasteiger partial charge in [-0.1, -0.05) is 61.8 Å². The lowest BCUT2D eigenvalue weighted by Gasteiger charge is -2.20. The Morgan fingerprint density at radius 1 is 1.00 bits per heavy atom. The molecule has 0 aliphatic rings. The summed E-state index contributed by atoms with van der Waals surface area (Å²) in [5.41, 5.74) is 7.46. The maximum Gasteiger partial charge on any atom is 0.233 e. The van der Waals surface area contributed by atoms with Crippen molar-refractivity contribution in [3.8, 4) is 11.1 Å². The third kappa shape index (κ3) is 4.28. The topological polar surface area (TPSA) is 34.9 Å². The minimum Gasteiger partial charge on any atom is -0.285 e. The highest BCUT2D eigenvalue weighted by Crippen LogP contribution is 2.34. The Labute approximate surface area is 188 Å². The third-order valence-electron chi connectivity index (χ3n) is 5.88. The molecule has 1 aromatic heterocycles. The number of carbonyl (C=O) groups excluding carboxylic acids is 1. The fourth-order valence-electron chi connectivity index (χ4n) is 4.25. The summed E-state index contributed by atoms with van der Waals surface area (Å²) in [4.78, 5) is 10.9. The molecule has 4 rings (SSSR count). The predicted octanol–water partition coefficient (Wildman–Crippen LogP) is 7.07. The average Bonchev–Trinajstić information content (AvgIpc) is 3.18. The van der Waals surface area contributed by atoms with Crippen molar-refractivity contribution in [1.82, 2.24) is 9.78 Å². The zero-order chi connectivity index (χ0) is 22.1. The molecule has 0 saturated heterocycles. The van der Waals surface area contributed by atoms with E-state index in [-0.39, 0.29) is 6.04 Å². The summed E-state index contributed by atoms with van der Waals surface area (Å²) in [5, 5.41) is 6.84. The average molecular weight is 430 g/mol. The molecule has 1 unspecified atom stereocenters. The van der Waals surface area contributed by atoms with E-state index in [0.717, 1.165) is 33.5 Å². The molecule has 0 spiro atoms. The molecule has 1 heterocycles. The zero-order valence-electron chi connectivity index (χ0n) is 18.3. The van der Waals surface area contributed by atoms with Crippen LogP contribution in [0.4, 0.5) is 0 Å². The normalized spacial score (nSPS) is 12.5. The van der Waals surface area contributed by atoms with Gasteiger partial charge in [0.2, 0.25) is 6.29 Å². The fourth-order valence-corrected chi connectivity index (χ4v) is 4.47. The largest absolute Gasteiger partial charge is 0.285 e. The van der Waals surface area contributed by atoms with E-state index in [0.29, 0.717) is 11.5 Å². The summed E-state index contributed by atoms with van der Waals surface area (Å²) in [7, 11) is 0. The SMILES string of the molecule is Cc1cc(Cl)ccc1-c1ccc2nn(C(CC(C)C)c3ccc([C]=O)cc3)cc2c1C. The molecule has 1 radical (unpaired) electrons.